The molecule has 4 rings (SSSR count). The van der Waals surface area contributed by atoms with E-state index >= 15 is 0 Å². The number of benzene rings is 2. The third kappa shape index (κ3) is 6.16. The molecule has 1 aromatic heterocycles. The van der Waals surface area contributed by atoms with Gasteiger partial charge in [0.05, 0.1) is 23.8 Å². The zero-order valence-electron chi connectivity index (χ0n) is 19.0. The standard InChI is InChI=1S/C24H27N5O4S/c1-33-20-7-8-21(22(15-20)29(31)32)26-23(30)9-10-27-11-13-28(14-12-27)16-19-17-34-24(25-19)18-5-3-2-4-6-18/h2-8,15,17H,9-14,16H2,1H3,(H,26,30). The molecule has 3 aromatic rings. The molecular weight excluding hydrogens is 454 g/mol. The van der Waals surface area contributed by atoms with Crippen LogP contribution in [-0.2, 0) is 11.3 Å². The molecule has 1 aliphatic rings. The van der Waals surface area contributed by atoms with Gasteiger partial charge in [0.1, 0.15) is 16.4 Å². The third-order valence-corrected chi connectivity index (χ3v) is 6.69. The molecule has 9 nitrogen and oxygen atoms in total. The number of nitro benzene ring substituents is 1. The van der Waals surface area contributed by atoms with E-state index in [1.54, 1.807) is 17.4 Å². The van der Waals surface area contributed by atoms with E-state index in [4.69, 9.17) is 9.72 Å². The molecule has 2 heterocycles. The van der Waals surface area contributed by atoms with E-state index in [9.17, 15) is 14.9 Å². The number of piperazine rings is 1. The van der Waals surface area contributed by atoms with Crippen LogP contribution in [0.3, 0.4) is 0 Å². The molecule has 1 amide bonds. The van der Waals surface area contributed by atoms with Gasteiger partial charge in [-0.15, -0.1) is 11.3 Å². The monoisotopic (exact) mass is 481 g/mol. The minimum Gasteiger partial charge on any atom is -0.496 e. The number of carbonyl (C=O) groups is 1. The summed E-state index contributed by atoms with van der Waals surface area (Å²) in [6.07, 6.45) is 0.274. The fourth-order valence-corrected chi connectivity index (χ4v) is 4.68. The molecule has 0 aliphatic carbocycles. The normalized spacial score (nSPS) is 14.6. The maximum atomic E-state index is 12.4. The molecule has 10 heteroatoms. The summed E-state index contributed by atoms with van der Waals surface area (Å²) in [5, 5.41) is 17.1. The lowest BCUT2D eigenvalue weighted by Crippen LogP contribution is -2.46. The lowest BCUT2D eigenvalue weighted by Gasteiger charge is -2.34. The number of thiazole rings is 1. The number of carbonyl (C=O) groups excluding carboxylic acids is 1. The first kappa shape index (κ1) is 23.8. The highest BCUT2D eigenvalue weighted by Crippen LogP contribution is 2.29. The molecule has 2 aromatic carbocycles. The zero-order chi connectivity index (χ0) is 23.9. The highest BCUT2D eigenvalue weighted by atomic mass is 32.1. The Bertz CT molecular complexity index is 1130. The number of amides is 1. The van der Waals surface area contributed by atoms with E-state index in [2.05, 4.69) is 32.6 Å². The molecule has 0 atom stereocenters. The molecule has 1 N–H and O–H groups in total. The molecule has 0 radical (unpaired) electrons. The Kier molecular flexibility index (Phi) is 7.84. The summed E-state index contributed by atoms with van der Waals surface area (Å²) in [5.74, 6) is 0.128. The van der Waals surface area contributed by atoms with Crippen LogP contribution >= 0.6 is 11.3 Å². The van der Waals surface area contributed by atoms with Crippen molar-refractivity contribution in [2.45, 2.75) is 13.0 Å². The van der Waals surface area contributed by atoms with Crippen LogP contribution in [-0.4, -0.2) is 65.4 Å². The molecule has 1 fully saturated rings. The maximum Gasteiger partial charge on any atom is 0.296 e. The van der Waals surface area contributed by atoms with Crippen molar-refractivity contribution in [2.75, 3.05) is 45.2 Å². The summed E-state index contributed by atoms with van der Waals surface area (Å²) in [4.78, 5) is 32.6. The summed E-state index contributed by atoms with van der Waals surface area (Å²) in [6.45, 7) is 4.97. The molecular formula is C24H27N5O4S. The summed E-state index contributed by atoms with van der Waals surface area (Å²) in [5.41, 5.74) is 2.22. The average molecular weight is 482 g/mol. The topological polar surface area (TPSA) is 101 Å². The van der Waals surface area contributed by atoms with Crippen molar-refractivity contribution in [3.8, 4) is 16.3 Å². The minimum atomic E-state index is -0.525. The average Bonchev–Trinajstić information content (AvgIpc) is 3.33. The van der Waals surface area contributed by atoms with Crippen LogP contribution in [0.25, 0.3) is 10.6 Å². The van der Waals surface area contributed by atoms with Crippen molar-refractivity contribution in [2.24, 2.45) is 0 Å². The predicted molar refractivity (Wildman–Crippen MR) is 132 cm³/mol. The lowest BCUT2D eigenvalue weighted by atomic mass is 10.2. The molecule has 0 spiro atoms. The van der Waals surface area contributed by atoms with Gasteiger partial charge >= 0.3 is 0 Å². The second-order valence-electron chi connectivity index (χ2n) is 8.07. The lowest BCUT2D eigenvalue weighted by molar-refractivity contribution is -0.384. The van der Waals surface area contributed by atoms with Crippen LogP contribution in [0.5, 0.6) is 5.75 Å². The molecule has 1 aliphatic heterocycles. The fourth-order valence-electron chi connectivity index (χ4n) is 3.86. The number of nitrogens with zero attached hydrogens (tertiary/aromatic N) is 4. The Morgan fingerprint density at radius 1 is 1.15 bits per heavy atom. The Balaban J connectivity index is 1.22. The highest BCUT2D eigenvalue weighted by molar-refractivity contribution is 7.13. The van der Waals surface area contributed by atoms with Crippen molar-refractivity contribution in [1.29, 1.82) is 0 Å². The maximum absolute atomic E-state index is 12.4. The van der Waals surface area contributed by atoms with Crippen LogP contribution < -0.4 is 10.1 Å². The number of aromatic nitrogens is 1. The summed E-state index contributed by atoms with van der Waals surface area (Å²) < 4.78 is 5.03. The van der Waals surface area contributed by atoms with Crippen molar-refractivity contribution >= 4 is 28.6 Å². The first-order valence-electron chi connectivity index (χ1n) is 11.1. The Labute approximate surface area is 202 Å². The molecule has 34 heavy (non-hydrogen) atoms. The first-order valence-corrected chi connectivity index (χ1v) is 12.0. The van der Waals surface area contributed by atoms with Gasteiger partial charge in [0.25, 0.3) is 5.69 Å². The van der Waals surface area contributed by atoms with Gasteiger partial charge in [-0.05, 0) is 12.1 Å². The van der Waals surface area contributed by atoms with E-state index in [1.807, 2.05) is 18.2 Å². The van der Waals surface area contributed by atoms with Crippen LogP contribution in [0.2, 0.25) is 0 Å². The summed E-state index contributed by atoms with van der Waals surface area (Å²) in [7, 11) is 1.44. The number of nitrogens with one attached hydrogen (secondary N) is 1. The van der Waals surface area contributed by atoms with E-state index in [0.29, 0.717) is 12.3 Å². The number of methoxy groups -OCH3 is 1. The second-order valence-corrected chi connectivity index (χ2v) is 8.92. The number of ether oxygens (including phenoxy) is 1. The summed E-state index contributed by atoms with van der Waals surface area (Å²) in [6, 6.07) is 14.6. The van der Waals surface area contributed by atoms with Crippen LogP contribution in [0.4, 0.5) is 11.4 Å². The van der Waals surface area contributed by atoms with Gasteiger partial charge in [-0.3, -0.25) is 19.8 Å². The van der Waals surface area contributed by atoms with Gasteiger partial charge in [0, 0.05) is 56.6 Å². The predicted octanol–water partition coefficient (Wildman–Crippen LogP) is 3.87. The van der Waals surface area contributed by atoms with Gasteiger partial charge in [0.15, 0.2) is 0 Å². The smallest absolute Gasteiger partial charge is 0.296 e. The first-order chi connectivity index (χ1) is 16.5. The van der Waals surface area contributed by atoms with Gasteiger partial charge in [-0.2, -0.15) is 0 Å². The van der Waals surface area contributed by atoms with E-state index in [1.165, 1.54) is 19.2 Å². The number of rotatable bonds is 9. The Hall–Kier alpha value is -3.34. The van der Waals surface area contributed by atoms with Crippen LogP contribution in [0.15, 0.2) is 53.9 Å². The zero-order valence-corrected chi connectivity index (χ0v) is 19.8. The fraction of sp³-hybridized carbons (Fsp3) is 0.333. The largest absolute Gasteiger partial charge is 0.496 e. The quantitative estimate of drug-likeness (QED) is 0.366. The Morgan fingerprint density at radius 2 is 1.88 bits per heavy atom. The number of nitro groups is 1. The highest BCUT2D eigenvalue weighted by Gasteiger charge is 2.20. The van der Waals surface area contributed by atoms with E-state index < -0.39 is 4.92 Å². The van der Waals surface area contributed by atoms with Crippen molar-refractivity contribution in [3.63, 3.8) is 0 Å². The minimum absolute atomic E-state index is 0.179. The van der Waals surface area contributed by atoms with Gasteiger partial charge in [0.2, 0.25) is 5.91 Å². The molecule has 0 bridgehead atoms. The number of hydrogen-bond acceptors (Lipinski definition) is 8. The van der Waals surface area contributed by atoms with Gasteiger partial charge in [-0.25, -0.2) is 4.98 Å². The number of hydrogen-bond donors (Lipinski definition) is 1. The van der Waals surface area contributed by atoms with Gasteiger partial charge in [-0.1, -0.05) is 30.3 Å². The van der Waals surface area contributed by atoms with Crippen molar-refractivity contribution in [1.82, 2.24) is 14.8 Å². The SMILES string of the molecule is COc1ccc(NC(=O)CCN2CCN(Cc3csc(-c4ccccc4)n3)CC2)c([N+](=O)[O-])c1. The van der Waals surface area contributed by atoms with Gasteiger partial charge < -0.3 is 15.0 Å². The third-order valence-electron chi connectivity index (χ3n) is 5.75. The van der Waals surface area contributed by atoms with Crippen molar-refractivity contribution < 1.29 is 14.5 Å². The van der Waals surface area contributed by atoms with E-state index in [0.717, 1.165) is 49.0 Å². The molecule has 0 unspecified atom stereocenters. The van der Waals surface area contributed by atoms with Crippen molar-refractivity contribution in [3.05, 3.63) is 69.7 Å². The van der Waals surface area contributed by atoms with E-state index in [-0.39, 0.29) is 23.7 Å². The molecule has 1 saturated heterocycles. The Morgan fingerprint density at radius 3 is 2.59 bits per heavy atom. The van der Waals surface area contributed by atoms with Crippen LogP contribution in [0.1, 0.15) is 12.1 Å². The van der Waals surface area contributed by atoms with Crippen LogP contribution in [0, 0.1) is 10.1 Å². The summed E-state index contributed by atoms with van der Waals surface area (Å²) >= 11 is 1.67. The number of anilines is 1. The molecule has 178 valence electrons. The molecule has 0 saturated carbocycles. The second kappa shape index (κ2) is 11.2.